The molecule has 148 valence electrons. The zero-order chi connectivity index (χ0) is 19.6. The molecule has 0 aromatic carbocycles. The van der Waals surface area contributed by atoms with Crippen molar-refractivity contribution in [2.24, 2.45) is 0 Å². The van der Waals surface area contributed by atoms with Crippen molar-refractivity contribution in [1.82, 2.24) is 30.0 Å². The molecule has 1 fully saturated rings. The lowest BCUT2D eigenvalue weighted by atomic mass is 10.1. The number of nitrogen functional groups attached to an aromatic ring is 1. The van der Waals surface area contributed by atoms with Gasteiger partial charge in [0.1, 0.15) is 11.5 Å². The van der Waals surface area contributed by atoms with Gasteiger partial charge >= 0.3 is 0 Å². The SMILES string of the molecule is Nc1ccc(-c2cnn(C3CCNCC3)c2)nc1NCc1c[nH]c2ncccc12. The van der Waals surface area contributed by atoms with Gasteiger partial charge in [-0.15, -0.1) is 0 Å². The average Bonchev–Trinajstić information content (AvgIpc) is 3.42. The van der Waals surface area contributed by atoms with E-state index in [-0.39, 0.29) is 0 Å². The largest absolute Gasteiger partial charge is 0.396 e. The first-order valence-corrected chi connectivity index (χ1v) is 9.94. The first-order chi connectivity index (χ1) is 14.3. The number of hydrogen-bond acceptors (Lipinski definition) is 6. The highest BCUT2D eigenvalue weighted by atomic mass is 15.3. The van der Waals surface area contributed by atoms with Crippen LogP contribution in [0.4, 0.5) is 11.5 Å². The Bertz CT molecular complexity index is 1120. The van der Waals surface area contributed by atoms with Crippen LogP contribution in [0, 0.1) is 0 Å². The van der Waals surface area contributed by atoms with E-state index in [1.807, 2.05) is 30.6 Å². The fraction of sp³-hybridized carbons (Fsp3) is 0.286. The smallest absolute Gasteiger partial charge is 0.150 e. The van der Waals surface area contributed by atoms with E-state index in [0.29, 0.717) is 24.1 Å². The van der Waals surface area contributed by atoms with Crippen LogP contribution in [0.25, 0.3) is 22.3 Å². The van der Waals surface area contributed by atoms with Gasteiger partial charge in [0, 0.05) is 36.1 Å². The first-order valence-electron chi connectivity index (χ1n) is 9.94. The molecule has 0 aliphatic carbocycles. The Labute approximate surface area is 168 Å². The Kier molecular flexibility index (Phi) is 4.61. The van der Waals surface area contributed by atoms with E-state index >= 15 is 0 Å². The molecule has 4 aromatic rings. The van der Waals surface area contributed by atoms with Gasteiger partial charge in [-0.3, -0.25) is 4.68 Å². The summed E-state index contributed by atoms with van der Waals surface area (Å²) in [5.41, 5.74) is 10.7. The molecular weight excluding hydrogens is 364 g/mol. The molecule has 1 aliphatic rings. The zero-order valence-electron chi connectivity index (χ0n) is 16.1. The van der Waals surface area contributed by atoms with Crippen molar-refractivity contribution < 1.29 is 0 Å². The molecule has 0 saturated carbocycles. The molecular formula is C21H24N8. The van der Waals surface area contributed by atoms with Gasteiger partial charge in [0.2, 0.25) is 0 Å². The van der Waals surface area contributed by atoms with Crippen molar-refractivity contribution in [3.63, 3.8) is 0 Å². The summed E-state index contributed by atoms with van der Waals surface area (Å²) in [5.74, 6) is 0.676. The highest BCUT2D eigenvalue weighted by Gasteiger charge is 2.16. The molecule has 5 N–H and O–H groups in total. The van der Waals surface area contributed by atoms with Crippen LogP contribution in [-0.4, -0.2) is 37.8 Å². The molecule has 5 rings (SSSR count). The summed E-state index contributed by atoms with van der Waals surface area (Å²) in [5, 5.41) is 12.4. The van der Waals surface area contributed by atoms with E-state index in [4.69, 9.17) is 10.7 Å². The molecule has 1 aliphatic heterocycles. The number of pyridine rings is 2. The molecule has 0 amide bonds. The molecule has 0 bridgehead atoms. The first kappa shape index (κ1) is 17.7. The molecule has 8 heteroatoms. The van der Waals surface area contributed by atoms with Crippen molar-refractivity contribution in [2.75, 3.05) is 24.1 Å². The topological polar surface area (TPSA) is 109 Å². The van der Waals surface area contributed by atoms with Gasteiger partial charge in [-0.2, -0.15) is 5.10 Å². The van der Waals surface area contributed by atoms with Crippen LogP contribution >= 0.6 is 0 Å². The predicted octanol–water partition coefficient (Wildman–Crippen LogP) is 2.94. The lowest BCUT2D eigenvalue weighted by Gasteiger charge is -2.22. The van der Waals surface area contributed by atoms with Crippen molar-refractivity contribution in [1.29, 1.82) is 0 Å². The van der Waals surface area contributed by atoms with E-state index < -0.39 is 0 Å². The number of aromatic amines is 1. The van der Waals surface area contributed by atoms with Gasteiger partial charge in [-0.1, -0.05) is 0 Å². The minimum absolute atomic E-state index is 0.451. The highest BCUT2D eigenvalue weighted by Crippen LogP contribution is 2.26. The minimum atomic E-state index is 0.451. The Morgan fingerprint density at radius 1 is 1.21 bits per heavy atom. The Morgan fingerprint density at radius 2 is 2.10 bits per heavy atom. The summed E-state index contributed by atoms with van der Waals surface area (Å²) in [6.07, 6.45) is 9.92. The summed E-state index contributed by atoms with van der Waals surface area (Å²) in [7, 11) is 0. The number of fused-ring (bicyclic) bond motifs is 1. The minimum Gasteiger partial charge on any atom is -0.396 e. The number of nitrogens with two attached hydrogens (primary N) is 1. The fourth-order valence-electron chi connectivity index (χ4n) is 3.85. The monoisotopic (exact) mass is 388 g/mol. The van der Waals surface area contributed by atoms with Crippen LogP contribution in [0.2, 0.25) is 0 Å². The van der Waals surface area contributed by atoms with Gasteiger partial charge in [-0.05, 0) is 55.8 Å². The normalized spacial score (nSPS) is 15.0. The molecule has 8 nitrogen and oxygen atoms in total. The number of anilines is 2. The predicted molar refractivity (Wildman–Crippen MR) is 114 cm³/mol. The second-order valence-corrected chi connectivity index (χ2v) is 7.39. The Hall–Kier alpha value is -3.39. The fourth-order valence-corrected chi connectivity index (χ4v) is 3.85. The summed E-state index contributed by atoms with van der Waals surface area (Å²) >= 11 is 0. The number of hydrogen-bond donors (Lipinski definition) is 4. The number of nitrogens with zero attached hydrogens (tertiary/aromatic N) is 4. The second kappa shape index (κ2) is 7.56. The maximum Gasteiger partial charge on any atom is 0.150 e. The van der Waals surface area contributed by atoms with Crippen LogP contribution in [0.5, 0.6) is 0 Å². The van der Waals surface area contributed by atoms with E-state index in [9.17, 15) is 0 Å². The number of piperidine rings is 1. The summed E-state index contributed by atoms with van der Waals surface area (Å²) < 4.78 is 2.07. The average molecular weight is 388 g/mol. The molecule has 29 heavy (non-hydrogen) atoms. The van der Waals surface area contributed by atoms with Gasteiger partial charge in [0.15, 0.2) is 0 Å². The van der Waals surface area contributed by atoms with Crippen molar-refractivity contribution >= 4 is 22.5 Å². The molecule has 0 spiro atoms. The molecule has 0 radical (unpaired) electrons. The van der Waals surface area contributed by atoms with E-state index in [1.165, 1.54) is 0 Å². The van der Waals surface area contributed by atoms with Crippen molar-refractivity contribution in [2.45, 2.75) is 25.4 Å². The van der Waals surface area contributed by atoms with E-state index in [1.54, 1.807) is 6.20 Å². The molecule has 1 saturated heterocycles. The van der Waals surface area contributed by atoms with Gasteiger partial charge < -0.3 is 21.4 Å². The van der Waals surface area contributed by atoms with Crippen LogP contribution < -0.4 is 16.4 Å². The molecule has 0 atom stereocenters. The van der Waals surface area contributed by atoms with Crippen LogP contribution in [0.1, 0.15) is 24.4 Å². The van der Waals surface area contributed by atoms with E-state index in [2.05, 4.69) is 42.6 Å². The Balaban J connectivity index is 1.35. The molecule has 4 aromatic heterocycles. The number of H-pyrrole nitrogens is 1. The highest BCUT2D eigenvalue weighted by molar-refractivity contribution is 5.80. The third kappa shape index (κ3) is 3.54. The van der Waals surface area contributed by atoms with E-state index in [0.717, 1.165) is 53.8 Å². The third-order valence-corrected chi connectivity index (χ3v) is 5.49. The molecule has 0 unspecified atom stereocenters. The van der Waals surface area contributed by atoms with Crippen molar-refractivity contribution in [3.05, 3.63) is 54.6 Å². The maximum atomic E-state index is 6.17. The summed E-state index contributed by atoms with van der Waals surface area (Å²) in [4.78, 5) is 12.3. The van der Waals surface area contributed by atoms with Crippen LogP contribution in [-0.2, 0) is 6.54 Å². The molecule has 5 heterocycles. The summed E-state index contributed by atoms with van der Waals surface area (Å²) in [6, 6.07) is 8.28. The standard InChI is InChI=1S/C21H24N8/c22-18-3-4-19(15-12-27-29(13-15)16-5-8-23-9-6-16)28-21(18)26-11-14-10-25-20-17(14)2-1-7-24-20/h1-4,7,10,12-13,16,23H,5-6,8-9,11,22H2,(H,24,25)(H,26,28). The quantitative estimate of drug-likeness (QED) is 0.418. The Morgan fingerprint density at radius 3 is 3.00 bits per heavy atom. The van der Waals surface area contributed by atoms with Gasteiger partial charge in [0.05, 0.1) is 23.6 Å². The number of rotatable bonds is 5. The third-order valence-electron chi connectivity index (χ3n) is 5.49. The summed E-state index contributed by atoms with van der Waals surface area (Å²) in [6.45, 7) is 2.69. The maximum absolute atomic E-state index is 6.17. The lowest BCUT2D eigenvalue weighted by Crippen LogP contribution is -2.29. The number of aromatic nitrogens is 5. The van der Waals surface area contributed by atoms with Gasteiger partial charge in [0.25, 0.3) is 0 Å². The number of nitrogens with one attached hydrogen (secondary N) is 3. The van der Waals surface area contributed by atoms with Gasteiger partial charge in [-0.25, -0.2) is 9.97 Å². The second-order valence-electron chi connectivity index (χ2n) is 7.39. The zero-order valence-corrected chi connectivity index (χ0v) is 16.1. The van der Waals surface area contributed by atoms with Crippen LogP contribution in [0.3, 0.4) is 0 Å². The van der Waals surface area contributed by atoms with Crippen LogP contribution in [0.15, 0.2) is 49.1 Å². The van der Waals surface area contributed by atoms with Crippen molar-refractivity contribution in [3.8, 4) is 11.3 Å². The lowest BCUT2D eigenvalue weighted by molar-refractivity contribution is 0.343.